The van der Waals surface area contributed by atoms with E-state index in [1.807, 2.05) is 0 Å². The quantitative estimate of drug-likeness (QED) is 0.589. The van der Waals surface area contributed by atoms with Crippen molar-refractivity contribution in [3.63, 3.8) is 0 Å². The Kier molecular flexibility index (Phi) is 6.03. The van der Waals surface area contributed by atoms with Crippen molar-refractivity contribution >= 4 is 33.0 Å². The van der Waals surface area contributed by atoms with E-state index in [9.17, 15) is 31.7 Å². The minimum absolute atomic E-state index is 0.00273. The van der Waals surface area contributed by atoms with E-state index in [0.29, 0.717) is 25.5 Å². The first-order chi connectivity index (χ1) is 11.9. The van der Waals surface area contributed by atoms with Gasteiger partial charge in [-0.3, -0.25) is 10.1 Å². The zero-order valence-electron chi connectivity index (χ0n) is 13.7. The van der Waals surface area contributed by atoms with Crippen LogP contribution in [0.2, 0.25) is 5.02 Å². The van der Waals surface area contributed by atoms with Gasteiger partial charge in [0.25, 0.3) is 5.69 Å². The second kappa shape index (κ2) is 7.57. The number of nitro benzene ring substituents is 1. The molecule has 1 atom stereocenters. The van der Waals surface area contributed by atoms with Crippen molar-refractivity contribution in [2.24, 2.45) is 5.92 Å². The number of piperidine rings is 1. The molecule has 26 heavy (non-hydrogen) atoms. The van der Waals surface area contributed by atoms with Gasteiger partial charge < -0.3 is 4.90 Å². The van der Waals surface area contributed by atoms with Crippen LogP contribution in [-0.4, -0.2) is 39.2 Å². The van der Waals surface area contributed by atoms with Gasteiger partial charge in [-0.25, -0.2) is 13.1 Å². The Morgan fingerprint density at radius 2 is 2.08 bits per heavy atom. The summed E-state index contributed by atoms with van der Waals surface area (Å²) in [6, 6.07) is 1.39. The van der Waals surface area contributed by atoms with Crippen molar-refractivity contribution < 1.29 is 26.5 Å². The highest BCUT2D eigenvalue weighted by molar-refractivity contribution is 7.88. The summed E-state index contributed by atoms with van der Waals surface area (Å²) in [7, 11) is -3.38. The summed E-state index contributed by atoms with van der Waals surface area (Å²) >= 11 is 5.71. The molecule has 0 radical (unpaired) electrons. The Morgan fingerprint density at radius 3 is 2.62 bits per heavy atom. The predicted octanol–water partition coefficient (Wildman–Crippen LogP) is 3.03. The number of nitro groups is 1. The number of sulfonamides is 1. The van der Waals surface area contributed by atoms with Gasteiger partial charge in [-0.2, -0.15) is 13.2 Å². The van der Waals surface area contributed by atoms with E-state index in [1.54, 1.807) is 4.90 Å². The van der Waals surface area contributed by atoms with Crippen LogP contribution in [0, 0.1) is 16.0 Å². The van der Waals surface area contributed by atoms with E-state index in [1.165, 1.54) is 0 Å². The normalized spacial score (nSPS) is 18.8. The molecule has 7 nitrogen and oxygen atoms in total. The number of hydrogen-bond acceptors (Lipinski definition) is 5. The highest BCUT2D eigenvalue weighted by atomic mass is 35.5. The zero-order valence-corrected chi connectivity index (χ0v) is 15.3. The summed E-state index contributed by atoms with van der Waals surface area (Å²) < 4.78 is 63.7. The standard InChI is InChI=1S/C14H17ClF3N3O4S/c1-26(24,25)19-7-9-3-2-4-20(8-9)12-6-11(15)10(14(16,17)18)5-13(12)21(22)23/h5-6,9,19H,2-4,7-8H2,1H3. The molecule has 0 bridgehead atoms. The molecular formula is C14H17ClF3N3O4S. The van der Waals surface area contributed by atoms with Crippen LogP contribution < -0.4 is 9.62 Å². The SMILES string of the molecule is CS(=O)(=O)NCC1CCCN(c2cc(Cl)c(C(F)(F)F)cc2[N+](=O)[O-])C1. The van der Waals surface area contributed by atoms with Crippen LogP contribution in [0.1, 0.15) is 18.4 Å². The van der Waals surface area contributed by atoms with Gasteiger partial charge in [0.15, 0.2) is 0 Å². The van der Waals surface area contributed by atoms with Crippen LogP contribution >= 0.6 is 11.6 Å². The minimum Gasteiger partial charge on any atom is -0.366 e. The molecule has 146 valence electrons. The van der Waals surface area contributed by atoms with Crippen molar-refractivity contribution in [2.45, 2.75) is 19.0 Å². The van der Waals surface area contributed by atoms with Gasteiger partial charge in [0.1, 0.15) is 5.69 Å². The molecular weight excluding hydrogens is 399 g/mol. The fourth-order valence-corrected chi connectivity index (χ4v) is 3.69. The first kappa shape index (κ1) is 20.7. The van der Waals surface area contributed by atoms with Crippen molar-refractivity contribution in [2.75, 3.05) is 30.8 Å². The summed E-state index contributed by atoms with van der Waals surface area (Å²) in [4.78, 5) is 12.0. The minimum atomic E-state index is -4.80. The van der Waals surface area contributed by atoms with Gasteiger partial charge in [-0.05, 0) is 24.8 Å². The Hall–Kier alpha value is -1.59. The maximum absolute atomic E-state index is 13.0. The highest BCUT2D eigenvalue weighted by Gasteiger charge is 2.37. The Labute approximate surface area is 153 Å². The lowest BCUT2D eigenvalue weighted by molar-refractivity contribution is -0.384. The Bertz CT molecular complexity index is 801. The van der Waals surface area contributed by atoms with Crippen LogP contribution in [-0.2, 0) is 16.2 Å². The number of anilines is 1. The Morgan fingerprint density at radius 1 is 1.42 bits per heavy atom. The molecule has 1 unspecified atom stereocenters. The van der Waals surface area contributed by atoms with E-state index in [2.05, 4.69) is 4.72 Å². The first-order valence-electron chi connectivity index (χ1n) is 7.63. The molecule has 1 saturated heterocycles. The molecule has 0 amide bonds. The maximum atomic E-state index is 13.0. The first-order valence-corrected chi connectivity index (χ1v) is 9.90. The molecule has 2 rings (SSSR count). The summed E-state index contributed by atoms with van der Waals surface area (Å²) in [5.41, 5.74) is -1.95. The van der Waals surface area contributed by atoms with E-state index in [-0.39, 0.29) is 24.7 Å². The van der Waals surface area contributed by atoms with Gasteiger partial charge >= 0.3 is 6.18 Å². The number of benzene rings is 1. The third-order valence-corrected chi connectivity index (χ3v) is 5.06. The molecule has 1 aliphatic heterocycles. The van der Waals surface area contributed by atoms with Crippen LogP contribution in [0.4, 0.5) is 24.5 Å². The van der Waals surface area contributed by atoms with E-state index < -0.39 is 37.4 Å². The number of nitrogens with one attached hydrogen (secondary N) is 1. The molecule has 0 aliphatic carbocycles. The van der Waals surface area contributed by atoms with E-state index in [4.69, 9.17) is 11.6 Å². The number of alkyl halides is 3. The molecule has 0 spiro atoms. The number of nitrogens with zero attached hydrogens (tertiary/aromatic N) is 2. The lowest BCUT2D eigenvalue weighted by atomic mass is 9.97. The van der Waals surface area contributed by atoms with E-state index >= 15 is 0 Å². The van der Waals surface area contributed by atoms with Crippen molar-refractivity contribution in [1.82, 2.24) is 4.72 Å². The third kappa shape index (κ3) is 5.21. The summed E-state index contributed by atoms with van der Waals surface area (Å²) in [6.07, 6.45) is -2.47. The van der Waals surface area contributed by atoms with Crippen LogP contribution in [0.5, 0.6) is 0 Å². The number of hydrogen-bond donors (Lipinski definition) is 1. The topological polar surface area (TPSA) is 92.6 Å². The molecule has 0 aromatic heterocycles. The van der Waals surface area contributed by atoms with Crippen molar-refractivity contribution in [1.29, 1.82) is 0 Å². The fraction of sp³-hybridized carbons (Fsp3) is 0.571. The average molecular weight is 416 g/mol. The van der Waals surface area contributed by atoms with Gasteiger partial charge in [-0.1, -0.05) is 11.6 Å². The zero-order chi connectivity index (χ0) is 19.7. The average Bonchev–Trinajstić information content (AvgIpc) is 2.51. The van der Waals surface area contributed by atoms with Crippen LogP contribution in [0.3, 0.4) is 0 Å². The maximum Gasteiger partial charge on any atom is 0.418 e. The molecule has 1 N–H and O–H groups in total. The smallest absolute Gasteiger partial charge is 0.366 e. The number of rotatable bonds is 5. The lowest BCUT2D eigenvalue weighted by Crippen LogP contribution is -2.41. The summed E-state index contributed by atoms with van der Waals surface area (Å²) in [5, 5.41) is 10.7. The third-order valence-electron chi connectivity index (χ3n) is 4.06. The highest BCUT2D eigenvalue weighted by Crippen LogP contribution is 2.42. The molecule has 1 aromatic carbocycles. The molecule has 12 heteroatoms. The second-order valence-electron chi connectivity index (χ2n) is 6.15. The lowest BCUT2D eigenvalue weighted by Gasteiger charge is -2.34. The molecule has 1 heterocycles. The van der Waals surface area contributed by atoms with Crippen LogP contribution in [0.25, 0.3) is 0 Å². The summed E-state index contributed by atoms with van der Waals surface area (Å²) in [6.45, 7) is 0.820. The molecule has 1 fully saturated rings. The van der Waals surface area contributed by atoms with Gasteiger partial charge in [-0.15, -0.1) is 0 Å². The second-order valence-corrected chi connectivity index (χ2v) is 8.39. The Balaban J connectivity index is 2.32. The molecule has 0 saturated carbocycles. The molecule has 1 aromatic rings. The molecule has 1 aliphatic rings. The van der Waals surface area contributed by atoms with Gasteiger partial charge in [0, 0.05) is 25.7 Å². The fourth-order valence-electron chi connectivity index (χ4n) is 2.89. The van der Waals surface area contributed by atoms with Crippen molar-refractivity contribution in [3.8, 4) is 0 Å². The van der Waals surface area contributed by atoms with Gasteiger partial charge in [0.05, 0.1) is 21.8 Å². The van der Waals surface area contributed by atoms with Gasteiger partial charge in [0.2, 0.25) is 10.0 Å². The van der Waals surface area contributed by atoms with Crippen molar-refractivity contribution in [3.05, 3.63) is 32.8 Å². The summed E-state index contributed by atoms with van der Waals surface area (Å²) in [5.74, 6) is -0.126. The largest absolute Gasteiger partial charge is 0.418 e. The monoisotopic (exact) mass is 415 g/mol. The number of halogens is 4. The predicted molar refractivity (Wildman–Crippen MR) is 90.9 cm³/mol. The van der Waals surface area contributed by atoms with E-state index in [0.717, 1.165) is 12.3 Å². The van der Waals surface area contributed by atoms with Crippen LogP contribution in [0.15, 0.2) is 12.1 Å².